The van der Waals surface area contributed by atoms with E-state index < -0.39 is 5.60 Å². The molecule has 0 unspecified atom stereocenters. The van der Waals surface area contributed by atoms with Crippen molar-refractivity contribution in [1.29, 1.82) is 0 Å². The third-order valence-electron chi connectivity index (χ3n) is 3.65. The number of epoxide rings is 1. The highest BCUT2D eigenvalue weighted by atomic mass is 16.6. The van der Waals surface area contributed by atoms with Crippen LogP contribution in [0, 0.1) is 0 Å². The molecule has 2 heteroatoms. The van der Waals surface area contributed by atoms with Crippen LogP contribution in [0.5, 0.6) is 0 Å². The van der Waals surface area contributed by atoms with Gasteiger partial charge in [-0.1, -0.05) is 50.1 Å². The number of carbonyl (C=O) groups is 1. The lowest BCUT2D eigenvalue weighted by Crippen LogP contribution is -2.28. The van der Waals surface area contributed by atoms with Gasteiger partial charge in [0.05, 0.1) is 6.10 Å². The van der Waals surface area contributed by atoms with Crippen molar-refractivity contribution in [2.75, 3.05) is 0 Å². The van der Waals surface area contributed by atoms with Crippen LogP contribution in [0.3, 0.4) is 0 Å². The number of fused-ring (bicyclic) bond motifs is 1. The number of carbonyl (C=O) groups excluding carboxylic acids is 1. The largest absolute Gasteiger partial charge is 0.353 e. The standard InChI is InChI=1S/C15H16O2/c1-2-3-8-13-15(17-13)10-9-11-6-4-5-7-12(11)14(15)16/h4-7,9-10,13H,2-3,8H2,1H3/t13-,15+/m0/s1. The number of Topliss-reactive ketones (excluding diaryl/α,β-unsaturated/α-hetero) is 1. The molecule has 1 aliphatic heterocycles. The highest BCUT2D eigenvalue weighted by molar-refractivity contribution is 6.11. The van der Waals surface area contributed by atoms with Crippen molar-refractivity contribution < 1.29 is 9.53 Å². The van der Waals surface area contributed by atoms with Gasteiger partial charge in [-0.2, -0.15) is 0 Å². The molecular formula is C15H16O2. The van der Waals surface area contributed by atoms with Crippen LogP contribution >= 0.6 is 0 Å². The summed E-state index contributed by atoms with van der Waals surface area (Å²) >= 11 is 0. The van der Waals surface area contributed by atoms with Gasteiger partial charge in [0, 0.05) is 5.56 Å². The van der Waals surface area contributed by atoms with Crippen molar-refractivity contribution in [1.82, 2.24) is 0 Å². The van der Waals surface area contributed by atoms with E-state index in [0.717, 1.165) is 30.4 Å². The van der Waals surface area contributed by atoms with Crippen LogP contribution in [-0.2, 0) is 4.74 Å². The SMILES string of the molecule is CCCC[C@@H]1O[C@]12C=Cc1ccccc1C2=O. The number of unbranched alkanes of at least 4 members (excludes halogenated alkanes) is 1. The molecule has 0 N–H and O–H groups in total. The Morgan fingerprint density at radius 1 is 1.35 bits per heavy atom. The number of hydrogen-bond donors (Lipinski definition) is 0. The lowest BCUT2D eigenvalue weighted by molar-refractivity contribution is 0.0907. The average Bonchev–Trinajstić information content (AvgIpc) is 3.07. The normalized spacial score (nSPS) is 29.5. The summed E-state index contributed by atoms with van der Waals surface area (Å²) in [7, 11) is 0. The molecule has 1 spiro atoms. The van der Waals surface area contributed by atoms with E-state index in [1.807, 2.05) is 36.4 Å². The first-order valence-electron chi connectivity index (χ1n) is 6.29. The molecule has 3 rings (SSSR count). The van der Waals surface area contributed by atoms with E-state index in [4.69, 9.17) is 4.74 Å². The second-order valence-corrected chi connectivity index (χ2v) is 4.79. The number of hydrogen-bond acceptors (Lipinski definition) is 2. The van der Waals surface area contributed by atoms with Gasteiger partial charge in [0.25, 0.3) is 0 Å². The lowest BCUT2D eigenvalue weighted by Gasteiger charge is -2.15. The lowest BCUT2D eigenvalue weighted by atomic mass is 9.85. The maximum absolute atomic E-state index is 12.4. The monoisotopic (exact) mass is 228 g/mol. The zero-order valence-corrected chi connectivity index (χ0v) is 9.98. The summed E-state index contributed by atoms with van der Waals surface area (Å²) in [6, 6.07) is 7.73. The van der Waals surface area contributed by atoms with Crippen LogP contribution in [0.2, 0.25) is 0 Å². The predicted molar refractivity (Wildman–Crippen MR) is 66.9 cm³/mol. The Morgan fingerprint density at radius 3 is 3.00 bits per heavy atom. The maximum Gasteiger partial charge on any atom is 0.201 e. The van der Waals surface area contributed by atoms with Crippen molar-refractivity contribution in [2.45, 2.75) is 37.9 Å². The molecule has 0 amide bonds. The number of ketones is 1. The van der Waals surface area contributed by atoms with Gasteiger partial charge in [0.2, 0.25) is 5.78 Å². The minimum absolute atomic E-state index is 0.0968. The molecule has 0 radical (unpaired) electrons. The molecule has 0 bridgehead atoms. The minimum atomic E-state index is -0.622. The zero-order chi connectivity index (χ0) is 11.9. The van der Waals surface area contributed by atoms with Crippen LogP contribution in [0.4, 0.5) is 0 Å². The summed E-state index contributed by atoms with van der Waals surface area (Å²) in [5.74, 6) is 0.136. The Hall–Kier alpha value is -1.41. The van der Waals surface area contributed by atoms with E-state index in [1.165, 1.54) is 0 Å². The number of rotatable bonds is 3. The molecule has 1 aliphatic carbocycles. The molecule has 17 heavy (non-hydrogen) atoms. The molecule has 1 saturated heterocycles. The van der Waals surface area contributed by atoms with Crippen LogP contribution < -0.4 is 0 Å². The van der Waals surface area contributed by atoms with Crippen LogP contribution in [0.1, 0.15) is 42.1 Å². The average molecular weight is 228 g/mol. The predicted octanol–water partition coefficient (Wildman–Crippen LogP) is 3.22. The van der Waals surface area contributed by atoms with Crippen molar-refractivity contribution in [3.63, 3.8) is 0 Å². The van der Waals surface area contributed by atoms with Crippen molar-refractivity contribution >= 4 is 11.9 Å². The molecule has 1 heterocycles. The Morgan fingerprint density at radius 2 is 2.18 bits per heavy atom. The van der Waals surface area contributed by atoms with Gasteiger partial charge in [0.15, 0.2) is 5.60 Å². The maximum atomic E-state index is 12.4. The number of ether oxygens (including phenoxy) is 1. The first-order valence-corrected chi connectivity index (χ1v) is 6.29. The third-order valence-corrected chi connectivity index (χ3v) is 3.65. The van der Waals surface area contributed by atoms with E-state index in [2.05, 4.69) is 6.92 Å². The third kappa shape index (κ3) is 1.55. The topological polar surface area (TPSA) is 29.6 Å². The van der Waals surface area contributed by atoms with Crippen LogP contribution in [0.25, 0.3) is 6.08 Å². The van der Waals surface area contributed by atoms with E-state index in [-0.39, 0.29) is 11.9 Å². The van der Waals surface area contributed by atoms with Gasteiger partial charge in [-0.25, -0.2) is 0 Å². The van der Waals surface area contributed by atoms with Crippen molar-refractivity contribution in [3.8, 4) is 0 Å². The van der Waals surface area contributed by atoms with Gasteiger partial charge >= 0.3 is 0 Å². The van der Waals surface area contributed by atoms with Crippen LogP contribution in [0.15, 0.2) is 30.3 Å². The summed E-state index contributed by atoms with van der Waals surface area (Å²) in [6.45, 7) is 2.16. The summed E-state index contributed by atoms with van der Waals surface area (Å²) in [6.07, 6.45) is 7.30. The number of benzene rings is 1. The van der Waals surface area contributed by atoms with E-state index in [1.54, 1.807) is 0 Å². The van der Waals surface area contributed by atoms with Gasteiger partial charge in [-0.15, -0.1) is 0 Å². The highest BCUT2D eigenvalue weighted by Gasteiger charge is 2.60. The first-order chi connectivity index (χ1) is 8.28. The smallest absolute Gasteiger partial charge is 0.201 e. The summed E-state index contributed by atoms with van der Waals surface area (Å²) in [5, 5.41) is 0. The molecule has 2 aliphatic rings. The molecule has 0 aromatic heterocycles. The van der Waals surface area contributed by atoms with Crippen molar-refractivity contribution in [2.24, 2.45) is 0 Å². The van der Waals surface area contributed by atoms with E-state index in [0.29, 0.717) is 0 Å². The molecule has 2 nitrogen and oxygen atoms in total. The molecule has 1 aromatic rings. The fourth-order valence-electron chi connectivity index (χ4n) is 2.56. The van der Waals surface area contributed by atoms with E-state index in [9.17, 15) is 4.79 Å². The molecule has 1 aromatic carbocycles. The summed E-state index contributed by atoms with van der Waals surface area (Å²) in [5.41, 5.74) is 1.19. The minimum Gasteiger partial charge on any atom is -0.353 e. The van der Waals surface area contributed by atoms with Crippen LogP contribution in [-0.4, -0.2) is 17.5 Å². The second kappa shape index (κ2) is 3.81. The Labute approximate surface area is 101 Å². The Bertz CT molecular complexity index is 489. The molecular weight excluding hydrogens is 212 g/mol. The quantitative estimate of drug-likeness (QED) is 0.743. The van der Waals surface area contributed by atoms with Gasteiger partial charge in [-0.05, 0) is 18.1 Å². The molecule has 1 fully saturated rings. The fourth-order valence-corrected chi connectivity index (χ4v) is 2.56. The molecule has 88 valence electrons. The van der Waals surface area contributed by atoms with Gasteiger partial charge in [-0.3, -0.25) is 4.79 Å². The van der Waals surface area contributed by atoms with E-state index >= 15 is 0 Å². The van der Waals surface area contributed by atoms with Gasteiger partial charge in [0.1, 0.15) is 0 Å². The zero-order valence-electron chi connectivity index (χ0n) is 9.98. The Balaban J connectivity index is 1.87. The Kier molecular flexibility index (Phi) is 2.40. The van der Waals surface area contributed by atoms with Crippen molar-refractivity contribution in [3.05, 3.63) is 41.5 Å². The first kappa shape index (κ1) is 10.7. The molecule has 2 atom stereocenters. The molecule has 0 saturated carbocycles. The van der Waals surface area contributed by atoms with Gasteiger partial charge < -0.3 is 4.74 Å². The summed E-state index contributed by atoms with van der Waals surface area (Å²) < 4.78 is 5.68. The second-order valence-electron chi connectivity index (χ2n) is 4.79. The fraction of sp³-hybridized carbons (Fsp3) is 0.400. The highest BCUT2D eigenvalue weighted by Crippen LogP contribution is 2.46. The summed E-state index contributed by atoms with van der Waals surface area (Å²) in [4.78, 5) is 12.4.